The number of halogens is 2. The molecule has 2 amide bonds. The molecule has 6 heteroatoms. The largest absolute Gasteiger partial charge is 0.369 e. The van der Waals surface area contributed by atoms with E-state index in [0.717, 1.165) is 12.8 Å². The summed E-state index contributed by atoms with van der Waals surface area (Å²) in [5, 5.41) is 0.812. The van der Waals surface area contributed by atoms with Gasteiger partial charge in [0, 0.05) is 18.1 Å². The first-order valence-corrected chi connectivity index (χ1v) is 6.78. The summed E-state index contributed by atoms with van der Waals surface area (Å²) in [6.45, 7) is 0.947. The zero-order chi connectivity index (χ0) is 14.0. The molecule has 0 bridgehead atoms. The first kappa shape index (κ1) is 14.2. The van der Waals surface area contributed by atoms with Crippen LogP contribution in [0.4, 0.5) is 0 Å². The lowest BCUT2D eigenvalue weighted by atomic mass is 9.97. The molecule has 1 atom stereocenters. The maximum absolute atomic E-state index is 12.4. The Bertz CT molecular complexity index is 519. The summed E-state index contributed by atoms with van der Waals surface area (Å²) in [6.07, 6.45) is 1.49. The summed E-state index contributed by atoms with van der Waals surface area (Å²) in [7, 11) is 0. The van der Waals surface area contributed by atoms with Gasteiger partial charge in [0.15, 0.2) is 0 Å². The Morgan fingerprint density at radius 1 is 1.32 bits per heavy atom. The summed E-state index contributed by atoms with van der Waals surface area (Å²) in [6, 6.07) is 4.76. The van der Waals surface area contributed by atoms with E-state index in [1.807, 2.05) is 0 Å². The van der Waals surface area contributed by atoms with Crippen molar-refractivity contribution in [3.8, 4) is 0 Å². The normalized spacial score (nSPS) is 19.3. The number of nitrogens with zero attached hydrogens (tertiary/aromatic N) is 1. The topological polar surface area (TPSA) is 63.4 Å². The molecular weight excluding hydrogens is 287 g/mol. The average molecular weight is 301 g/mol. The fourth-order valence-corrected chi connectivity index (χ4v) is 2.60. The Morgan fingerprint density at radius 3 is 2.74 bits per heavy atom. The van der Waals surface area contributed by atoms with E-state index in [2.05, 4.69) is 0 Å². The minimum absolute atomic E-state index is 0.210. The van der Waals surface area contributed by atoms with Crippen LogP contribution in [0.2, 0.25) is 10.0 Å². The number of primary amides is 1. The number of benzene rings is 1. The van der Waals surface area contributed by atoms with Crippen molar-refractivity contribution in [1.29, 1.82) is 0 Å². The highest BCUT2D eigenvalue weighted by atomic mass is 35.5. The third-order valence-electron chi connectivity index (χ3n) is 3.27. The van der Waals surface area contributed by atoms with Gasteiger partial charge < -0.3 is 10.6 Å². The molecule has 0 spiro atoms. The molecule has 4 nitrogen and oxygen atoms in total. The molecule has 1 aliphatic heterocycles. The number of amides is 2. The molecule has 102 valence electrons. The lowest BCUT2D eigenvalue weighted by molar-refractivity contribution is -0.123. The Morgan fingerprint density at radius 2 is 2.05 bits per heavy atom. The van der Waals surface area contributed by atoms with Gasteiger partial charge in [-0.2, -0.15) is 0 Å². The first-order valence-electron chi connectivity index (χ1n) is 6.02. The third-order valence-corrected chi connectivity index (χ3v) is 3.83. The lowest BCUT2D eigenvalue weighted by Crippen LogP contribution is -2.44. The maximum Gasteiger partial charge on any atom is 0.255 e. The summed E-state index contributed by atoms with van der Waals surface area (Å²) in [5.74, 6) is -0.858. The van der Waals surface area contributed by atoms with E-state index in [9.17, 15) is 9.59 Å². The fourth-order valence-electron chi connectivity index (χ4n) is 2.23. The van der Waals surface area contributed by atoms with Gasteiger partial charge in [-0.05, 0) is 31.0 Å². The van der Waals surface area contributed by atoms with E-state index in [1.54, 1.807) is 23.1 Å². The number of hydrogen-bond acceptors (Lipinski definition) is 2. The number of piperidine rings is 1. The monoisotopic (exact) mass is 300 g/mol. The smallest absolute Gasteiger partial charge is 0.255 e. The van der Waals surface area contributed by atoms with E-state index in [0.29, 0.717) is 28.7 Å². The van der Waals surface area contributed by atoms with Gasteiger partial charge in [0.05, 0.1) is 16.5 Å². The number of nitrogens with two attached hydrogens (primary N) is 1. The molecule has 1 heterocycles. The van der Waals surface area contributed by atoms with Crippen LogP contribution in [-0.2, 0) is 4.79 Å². The van der Waals surface area contributed by atoms with Crippen molar-refractivity contribution in [3.63, 3.8) is 0 Å². The minimum atomic E-state index is -0.366. The van der Waals surface area contributed by atoms with Gasteiger partial charge in [-0.3, -0.25) is 9.59 Å². The fraction of sp³-hybridized carbons (Fsp3) is 0.385. The highest BCUT2D eigenvalue weighted by Crippen LogP contribution is 2.24. The van der Waals surface area contributed by atoms with Crippen molar-refractivity contribution in [2.75, 3.05) is 13.1 Å². The van der Waals surface area contributed by atoms with Gasteiger partial charge in [-0.15, -0.1) is 0 Å². The number of rotatable bonds is 2. The van der Waals surface area contributed by atoms with Crippen LogP contribution in [0.3, 0.4) is 0 Å². The molecule has 1 aromatic rings. The number of carbonyl (C=O) groups excluding carboxylic acids is 2. The molecule has 0 saturated carbocycles. The van der Waals surface area contributed by atoms with Crippen molar-refractivity contribution >= 4 is 35.0 Å². The Labute approximate surface area is 121 Å². The molecule has 2 rings (SSSR count). The van der Waals surface area contributed by atoms with Crippen LogP contribution in [0, 0.1) is 5.92 Å². The van der Waals surface area contributed by atoms with Crippen molar-refractivity contribution in [1.82, 2.24) is 4.90 Å². The van der Waals surface area contributed by atoms with Crippen molar-refractivity contribution in [3.05, 3.63) is 33.8 Å². The molecule has 0 aliphatic carbocycles. The first-order chi connectivity index (χ1) is 8.99. The summed E-state index contributed by atoms with van der Waals surface area (Å²) in [4.78, 5) is 25.2. The lowest BCUT2D eigenvalue weighted by Gasteiger charge is -2.31. The van der Waals surface area contributed by atoms with Crippen LogP contribution in [0.25, 0.3) is 0 Å². The Kier molecular flexibility index (Phi) is 4.32. The van der Waals surface area contributed by atoms with Gasteiger partial charge >= 0.3 is 0 Å². The SMILES string of the molecule is NC(=O)[C@H]1CCCN(C(=O)c2cc(Cl)ccc2Cl)C1. The van der Waals surface area contributed by atoms with E-state index in [-0.39, 0.29) is 17.7 Å². The van der Waals surface area contributed by atoms with Crippen LogP contribution < -0.4 is 5.73 Å². The molecule has 1 fully saturated rings. The van der Waals surface area contributed by atoms with Gasteiger partial charge in [-0.25, -0.2) is 0 Å². The van der Waals surface area contributed by atoms with Crippen LogP contribution in [0.1, 0.15) is 23.2 Å². The second-order valence-corrected chi connectivity index (χ2v) is 5.46. The third kappa shape index (κ3) is 3.19. The van der Waals surface area contributed by atoms with Crippen molar-refractivity contribution in [2.24, 2.45) is 11.7 Å². The van der Waals surface area contributed by atoms with Gasteiger partial charge in [-0.1, -0.05) is 23.2 Å². The molecule has 0 unspecified atom stereocenters. The quantitative estimate of drug-likeness (QED) is 0.911. The second kappa shape index (κ2) is 5.80. The Hall–Kier alpha value is -1.26. The summed E-state index contributed by atoms with van der Waals surface area (Å²) >= 11 is 11.9. The predicted octanol–water partition coefficient (Wildman–Crippen LogP) is 2.33. The molecule has 0 aromatic heterocycles. The van der Waals surface area contributed by atoms with Gasteiger partial charge in [0.25, 0.3) is 5.91 Å². The van der Waals surface area contributed by atoms with Crippen LogP contribution in [0.5, 0.6) is 0 Å². The molecular formula is C13H14Cl2N2O2. The minimum Gasteiger partial charge on any atom is -0.369 e. The highest BCUT2D eigenvalue weighted by molar-refractivity contribution is 6.35. The maximum atomic E-state index is 12.4. The predicted molar refractivity (Wildman–Crippen MR) is 74.3 cm³/mol. The number of carbonyl (C=O) groups is 2. The molecule has 1 aromatic carbocycles. The molecule has 1 aliphatic rings. The van der Waals surface area contributed by atoms with Crippen molar-refractivity contribution < 1.29 is 9.59 Å². The van der Waals surface area contributed by atoms with E-state index >= 15 is 0 Å². The van der Waals surface area contributed by atoms with Gasteiger partial charge in [0.2, 0.25) is 5.91 Å². The van der Waals surface area contributed by atoms with Crippen molar-refractivity contribution in [2.45, 2.75) is 12.8 Å². The van der Waals surface area contributed by atoms with E-state index in [1.165, 1.54) is 0 Å². The summed E-state index contributed by atoms with van der Waals surface area (Å²) < 4.78 is 0. The zero-order valence-electron chi connectivity index (χ0n) is 10.2. The second-order valence-electron chi connectivity index (χ2n) is 4.62. The van der Waals surface area contributed by atoms with E-state index in [4.69, 9.17) is 28.9 Å². The van der Waals surface area contributed by atoms with E-state index < -0.39 is 0 Å². The molecule has 1 saturated heterocycles. The summed E-state index contributed by atoms with van der Waals surface area (Å²) in [5.41, 5.74) is 5.66. The zero-order valence-corrected chi connectivity index (χ0v) is 11.7. The molecule has 0 radical (unpaired) electrons. The highest BCUT2D eigenvalue weighted by Gasteiger charge is 2.28. The molecule has 19 heavy (non-hydrogen) atoms. The van der Waals surface area contributed by atoms with Crippen LogP contribution in [-0.4, -0.2) is 29.8 Å². The van der Waals surface area contributed by atoms with Crippen LogP contribution in [0.15, 0.2) is 18.2 Å². The number of hydrogen-bond donors (Lipinski definition) is 1. The standard InChI is InChI=1S/C13H14Cl2N2O2/c14-9-3-4-11(15)10(6-9)13(19)17-5-1-2-8(7-17)12(16)18/h3-4,6,8H,1-2,5,7H2,(H2,16,18)/t8-/m0/s1. The number of likely N-dealkylation sites (tertiary alicyclic amines) is 1. The average Bonchev–Trinajstić information content (AvgIpc) is 2.41. The molecule has 2 N–H and O–H groups in total. The van der Waals surface area contributed by atoms with Crippen LogP contribution >= 0.6 is 23.2 Å². The Balaban J connectivity index is 2.19. The van der Waals surface area contributed by atoms with Gasteiger partial charge in [0.1, 0.15) is 0 Å².